The smallest absolute Gasteiger partial charge is 0.217 e. The van der Waals surface area contributed by atoms with E-state index in [1.54, 1.807) is 45.4 Å². The Bertz CT molecular complexity index is 1050. The molecule has 32 heavy (non-hydrogen) atoms. The molecule has 0 saturated carbocycles. The fourth-order valence-electron chi connectivity index (χ4n) is 3.29. The summed E-state index contributed by atoms with van der Waals surface area (Å²) in [6.45, 7) is 2.06. The third-order valence-electron chi connectivity index (χ3n) is 5.19. The van der Waals surface area contributed by atoms with E-state index < -0.39 is 21.1 Å². The molecule has 0 aliphatic carbocycles. The lowest BCUT2D eigenvalue weighted by Crippen LogP contribution is -2.37. The molecule has 0 N–H and O–H groups in total. The van der Waals surface area contributed by atoms with Crippen LogP contribution in [0.5, 0.6) is 11.5 Å². The minimum absolute atomic E-state index is 0.185. The molecule has 2 aromatic carbocycles. The molecule has 3 aromatic rings. The molecule has 0 spiro atoms. The Morgan fingerprint density at radius 3 is 1.78 bits per heavy atom. The molecule has 0 radical (unpaired) electrons. The van der Waals surface area contributed by atoms with E-state index >= 15 is 0 Å². The van der Waals surface area contributed by atoms with E-state index in [1.807, 2.05) is 24.3 Å². The number of rotatable bonds is 10. The van der Waals surface area contributed by atoms with Gasteiger partial charge < -0.3 is 9.47 Å². The summed E-state index contributed by atoms with van der Waals surface area (Å²) in [5, 5.41) is -0.739. The SMILES string of the molecule is COc1ccc(CN(Cc2ccc(OC)cc2)S(=O)(=O)[C@H](C)Cc2ccc(F)cn2)cc1. The lowest BCUT2D eigenvalue weighted by atomic mass is 10.2. The number of pyridine rings is 1. The molecule has 170 valence electrons. The Morgan fingerprint density at radius 1 is 0.875 bits per heavy atom. The van der Waals surface area contributed by atoms with Gasteiger partial charge in [0.25, 0.3) is 0 Å². The van der Waals surface area contributed by atoms with Crippen LogP contribution >= 0.6 is 0 Å². The number of hydrogen-bond acceptors (Lipinski definition) is 5. The first-order valence-corrected chi connectivity index (χ1v) is 11.7. The maximum Gasteiger partial charge on any atom is 0.217 e. The van der Waals surface area contributed by atoms with Gasteiger partial charge in [0.05, 0.1) is 25.7 Å². The first kappa shape index (κ1) is 23.7. The van der Waals surface area contributed by atoms with Crippen LogP contribution in [-0.2, 0) is 29.5 Å². The number of aromatic nitrogens is 1. The van der Waals surface area contributed by atoms with Crippen molar-refractivity contribution in [3.63, 3.8) is 0 Å². The number of hydrogen-bond donors (Lipinski definition) is 0. The monoisotopic (exact) mass is 458 g/mol. The van der Waals surface area contributed by atoms with E-state index in [9.17, 15) is 12.8 Å². The third kappa shape index (κ3) is 6.05. The van der Waals surface area contributed by atoms with Crippen molar-refractivity contribution in [3.8, 4) is 11.5 Å². The largest absolute Gasteiger partial charge is 0.497 e. The molecule has 6 nitrogen and oxygen atoms in total. The van der Waals surface area contributed by atoms with E-state index in [2.05, 4.69) is 4.98 Å². The van der Waals surface area contributed by atoms with Gasteiger partial charge in [-0.05, 0) is 54.4 Å². The Morgan fingerprint density at radius 2 is 1.38 bits per heavy atom. The van der Waals surface area contributed by atoms with E-state index in [1.165, 1.54) is 16.4 Å². The Labute approximate surface area is 188 Å². The maximum absolute atomic E-state index is 13.5. The molecule has 0 aliphatic heterocycles. The summed E-state index contributed by atoms with van der Waals surface area (Å²) in [7, 11) is -0.532. The van der Waals surface area contributed by atoms with Crippen LogP contribution < -0.4 is 9.47 Å². The van der Waals surface area contributed by atoms with Gasteiger partial charge in [-0.25, -0.2) is 12.8 Å². The fraction of sp³-hybridized carbons (Fsp3) is 0.292. The van der Waals surface area contributed by atoms with Crippen LogP contribution in [0.25, 0.3) is 0 Å². The Hall–Kier alpha value is -2.97. The minimum atomic E-state index is -3.70. The first-order valence-electron chi connectivity index (χ1n) is 10.2. The zero-order chi connectivity index (χ0) is 23.1. The highest BCUT2D eigenvalue weighted by atomic mass is 32.2. The topological polar surface area (TPSA) is 68.7 Å². The van der Waals surface area contributed by atoms with Crippen molar-refractivity contribution < 1.29 is 22.3 Å². The van der Waals surface area contributed by atoms with Crippen molar-refractivity contribution in [3.05, 3.63) is 89.5 Å². The second-order valence-electron chi connectivity index (χ2n) is 7.49. The molecule has 1 heterocycles. The number of sulfonamides is 1. The molecule has 0 bridgehead atoms. The maximum atomic E-state index is 13.5. The molecule has 0 saturated heterocycles. The van der Waals surface area contributed by atoms with E-state index in [0.717, 1.165) is 17.3 Å². The van der Waals surface area contributed by atoms with Gasteiger partial charge in [0.2, 0.25) is 10.0 Å². The summed E-state index contributed by atoms with van der Waals surface area (Å²) >= 11 is 0. The lowest BCUT2D eigenvalue weighted by molar-refractivity contribution is 0.391. The molecule has 1 atom stereocenters. The van der Waals surface area contributed by atoms with Crippen molar-refractivity contribution in [2.24, 2.45) is 0 Å². The average Bonchev–Trinajstić information content (AvgIpc) is 2.81. The fourth-order valence-corrected chi connectivity index (χ4v) is 4.83. The molecular weight excluding hydrogens is 431 g/mol. The summed E-state index contributed by atoms with van der Waals surface area (Å²) < 4.78 is 52.1. The van der Waals surface area contributed by atoms with Gasteiger partial charge in [-0.15, -0.1) is 0 Å². The van der Waals surface area contributed by atoms with Crippen LogP contribution in [-0.4, -0.2) is 37.2 Å². The predicted octanol–water partition coefficient (Wildman–Crippen LogP) is 4.20. The molecule has 0 amide bonds. The predicted molar refractivity (Wildman–Crippen MR) is 122 cm³/mol. The summed E-state index contributed by atoms with van der Waals surface area (Å²) in [5.41, 5.74) is 2.21. The van der Waals surface area contributed by atoms with E-state index in [4.69, 9.17) is 9.47 Å². The van der Waals surface area contributed by atoms with Crippen LogP contribution in [0.2, 0.25) is 0 Å². The highest BCUT2D eigenvalue weighted by molar-refractivity contribution is 7.89. The van der Waals surface area contributed by atoms with Gasteiger partial charge in [0.1, 0.15) is 17.3 Å². The van der Waals surface area contributed by atoms with Crippen molar-refractivity contribution in [2.75, 3.05) is 14.2 Å². The molecule has 0 fully saturated rings. The lowest BCUT2D eigenvalue weighted by Gasteiger charge is -2.26. The molecular formula is C24H27FN2O4S. The van der Waals surface area contributed by atoms with Gasteiger partial charge in [-0.3, -0.25) is 4.98 Å². The van der Waals surface area contributed by atoms with Gasteiger partial charge >= 0.3 is 0 Å². The van der Waals surface area contributed by atoms with E-state index in [-0.39, 0.29) is 19.5 Å². The summed E-state index contributed by atoms with van der Waals surface area (Å²) in [6, 6.07) is 17.4. The van der Waals surface area contributed by atoms with Gasteiger partial charge in [-0.2, -0.15) is 4.31 Å². The number of ether oxygens (including phenoxy) is 2. The molecule has 0 aliphatic rings. The average molecular weight is 459 g/mol. The number of halogens is 1. The number of methoxy groups -OCH3 is 2. The minimum Gasteiger partial charge on any atom is -0.497 e. The van der Waals surface area contributed by atoms with Gasteiger partial charge in [-0.1, -0.05) is 24.3 Å². The molecule has 1 aromatic heterocycles. The van der Waals surface area contributed by atoms with Gasteiger partial charge in [0, 0.05) is 25.2 Å². The zero-order valence-electron chi connectivity index (χ0n) is 18.4. The van der Waals surface area contributed by atoms with Crippen LogP contribution in [0.1, 0.15) is 23.7 Å². The van der Waals surface area contributed by atoms with Crippen LogP contribution in [0.4, 0.5) is 4.39 Å². The third-order valence-corrected chi connectivity index (χ3v) is 7.35. The van der Waals surface area contributed by atoms with Crippen molar-refractivity contribution >= 4 is 10.0 Å². The molecule has 0 unspecified atom stereocenters. The second-order valence-corrected chi connectivity index (χ2v) is 9.84. The molecule has 8 heteroatoms. The van der Waals surface area contributed by atoms with Crippen LogP contribution in [0.3, 0.4) is 0 Å². The summed E-state index contributed by atoms with van der Waals surface area (Å²) in [4.78, 5) is 4.01. The standard InChI is InChI=1S/C24H27FN2O4S/c1-18(14-22-9-8-21(25)15-26-22)32(28,29)27(16-19-4-10-23(30-2)11-5-19)17-20-6-12-24(31-3)13-7-20/h4-13,15,18H,14,16-17H2,1-3H3/t18-/m1/s1. The normalized spacial score (nSPS) is 12.5. The van der Waals surface area contributed by atoms with E-state index in [0.29, 0.717) is 17.2 Å². The van der Waals surface area contributed by atoms with Crippen LogP contribution in [0.15, 0.2) is 66.9 Å². The number of nitrogens with zero attached hydrogens (tertiary/aromatic N) is 2. The summed E-state index contributed by atoms with van der Waals surface area (Å²) in [5.74, 6) is 0.952. The summed E-state index contributed by atoms with van der Waals surface area (Å²) in [6.07, 6.45) is 1.28. The first-order chi connectivity index (χ1) is 15.3. The van der Waals surface area contributed by atoms with Crippen molar-refractivity contribution in [1.29, 1.82) is 0 Å². The van der Waals surface area contributed by atoms with Crippen molar-refractivity contribution in [1.82, 2.24) is 9.29 Å². The molecule has 3 rings (SSSR count). The Kier molecular flexibility index (Phi) is 7.82. The second kappa shape index (κ2) is 10.6. The zero-order valence-corrected chi connectivity index (χ0v) is 19.2. The number of benzene rings is 2. The van der Waals surface area contributed by atoms with Crippen LogP contribution in [0, 0.1) is 5.82 Å². The van der Waals surface area contributed by atoms with Gasteiger partial charge in [0.15, 0.2) is 0 Å². The van der Waals surface area contributed by atoms with Crippen molar-refractivity contribution in [2.45, 2.75) is 31.7 Å². The highest BCUT2D eigenvalue weighted by Crippen LogP contribution is 2.22. The quantitative estimate of drug-likeness (QED) is 0.455. The Balaban J connectivity index is 1.86. The highest BCUT2D eigenvalue weighted by Gasteiger charge is 2.29.